The van der Waals surface area contributed by atoms with E-state index in [1.807, 2.05) is 38.1 Å². The molecule has 0 aliphatic carbocycles. The number of benzene rings is 1. The van der Waals surface area contributed by atoms with Gasteiger partial charge in [-0.1, -0.05) is 25.1 Å². The Kier molecular flexibility index (Phi) is 6.70. The lowest BCUT2D eigenvalue weighted by Gasteiger charge is -2.13. The van der Waals surface area contributed by atoms with Crippen LogP contribution >= 0.6 is 11.8 Å². The van der Waals surface area contributed by atoms with Crippen molar-refractivity contribution >= 4 is 39.5 Å². The molecule has 2 aromatic rings. The molecule has 1 aromatic heterocycles. The van der Waals surface area contributed by atoms with Crippen molar-refractivity contribution in [3.63, 3.8) is 0 Å². The third-order valence-electron chi connectivity index (χ3n) is 3.60. The molecular formula is C19H23NO4S. The van der Waals surface area contributed by atoms with Crippen LogP contribution in [0.5, 0.6) is 0 Å². The molecule has 0 bridgehead atoms. The van der Waals surface area contributed by atoms with Gasteiger partial charge in [0.2, 0.25) is 0 Å². The Morgan fingerprint density at radius 3 is 2.20 bits per heavy atom. The summed E-state index contributed by atoms with van der Waals surface area (Å²) in [6.07, 6.45) is 0. The van der Waals surface area contributed by atoms with Crippen LogP contribution < -0.4 is 0 Å². The molecule has 0 aliphatic heterocycles. The Morgan fingerprint density at radius 1 is 1.04 bits per heavy atom. The van der Waals surface area contributed by atoms with E-state index in [1.54, 1.807) is 13.8 Å². The van der Waals surface area contributed by atoms with Gasteiger partial charge in [-0.15, -0.1) is 11.8 Å². The minimum absolute atomic E-state index is 0.0385. The lowest BCUT2D eigenvalue weighted by atomic mass is 10.1. The van der Waals surface area contributed by atoms with Crippen LogP contribution in [0.15, 0.2) is 29.8 Å². The van der Waals surface area contributed by atoms with Crippen molar-refractivity contribution in [2.45, 2.75) is 27.7 Å². The predicted octanol–water partition coefficient (Wildman–Crippen LogP) is 4.07. The van der Waals surface area contributed by atoms with Crippen molar-refractivity contribution in [2.24, 2.45) is 0 Å². The molecule has 0 amide bonds. The second-order valence-electron chi connectivity index (χ2n) is 5.25. The highest BCUT2D eigenvalue weighted by Crippen LogP contribution is 2.38. The number of ether oxygens (including phenoxy) is 2. The standard InChI is InChI=1S/C19H23NO4S/c1-5-23-18(21)16(19(22)24-6-2)17(25-7-3)15-12(4)20-14-11-9-8-10-13(14)15/h8-11,20H,5-7H2,1-4H3. The van der Waals surface area contributed by atoms with Crippen LogP contribution in [0.4, 0.5) is 0 Å². The topological polar surface area (TPSA) is 68.4 Å². The van der Waals surface area contributed by atoms with Gasteiger partial charge in [-0.25, -0.2) is 9.59 Å². The summed E-state index contributed by atoms with van der Waals surface area (Å²) in [7, 11) is 0. The summed E-state index contributed by atoms with van der Waals surface area (Å²) < 4.78 is 10.3. The molecule has 5 nitrogen and oxygen atoms in total. The minimum Gasteiger partial charge on any atom is -0.462 e. The minimum atomic E-state index is -0.651. The van der Waals surface area contributed by atoms with Crippen molar-refractivity contribution in [3.05, 3.63) is 41.1 Å². The average Bonchev–Trinajstić information content (AvgIpc) is 2.90. The summed E-state index contributed by atoms with van der Waals surface area (Å²) in [6.45, 7) is 7.72. The van der Waals surface area contributed by atoms with E-state index in [4.69, 9.17) is 9.47 Å². The number of rotatable bonds is 7. The van der Waals surface area contributed by atoms with Crippen molar-refractivity contribution < 1.29 is 19.1 Å². The second-order valence-corrected chi connectivity index (χ2v) is 6.52. The molecule has 25 heavy (non-hydrogen) atoms. The summed E-state index contributed by atoms with van der Waals surface area (Å²) in [5.74, 6) is -0.598. The number of fused-ring (bicyclic) bond motifs is 1. The Morgan fingerprint density at radius 2 is 1.64 bits per heavy atom. The fourth-order valence-corrected chi connectivity index (χ4v) is 3.67. The van der Waals surface area contributed by atoms with Crippen LogP contribution in [0.1, 0.15) is 32.0 Å². The van der Waals surface area contributed by atoms with Gasteiger partial charge < -0.3 is 14.5 Å². The number of H-pyrrole nitrogens is 1. The van der Waals surface area contributed by atoms with E-state index in [-0.39, 0.29) is 18.8 Å². The lowest BCUT2D eigenvalue weighted by molar-refractivity contribution is -0.146. The van der Waals surface area contributed by atoms with Crippen LogP contribution in [0.25, 0.3) is 15.8 Å². The largest absolute Gasteiger partial charge is 0.462 e. The quantitative estimate of drug-likeness (QED) is 0.348. The van der Waals surface area contributed by atoms with E-state index in [1.165, 1.54) is 11.8 Å². The first-order chi connectivity index (χ1) is 12.0. The molecule has 134 valence electrons. The fourth-order valence-electron chi connectivity index (χ4n) is 2.66. The zero-order valence-corrected chi connectivity index (χ0v) is 15.8. The molecule has 0 atom stereocenters. The number of hydrogen-bond donors (Lipinski definition) is 1. The van der Waals surface area contributed by atoms with Gasteiger partial charge in [0.25, 0.3) is 0 Å². The highest BCUT2D eigenvalue weighted by molar-refractivity contribution is 8.08. The van der Waals surface area contributed by atoms with E-state index in [9.17, 15) is 9.59 Å². The van der Waals surface area contributed by atoms with Crippen molar-refractivity contribution in [2.75, 3.05) is 19.0 Å². The van der Waals surface area contributed by atoms with E-state index < -0.39 is 11.9 Å². The van der Waals surface area contributed by atoms with E-state index in [0.29, 0.717) is 10.7 Å². The predicted molar refractivity (Wildman–Crippen MR) is 101 cm³/mol. The third-order valence-corrected chi connectivity index (χ3v) is 4.58. The molecule has 0 unspecified atom stereocenters. The van der Waals surface area contributed by atoms with E-state index in [0.717, 1.165) is 22.2 Å². The molecule has 0 radical (unpaired) electrons. The highest BCUT2D eigenvalue weighted by atomic mass is 32.2. The van der Waals surface area contributed by atoms with Crippen molar-refractivity contribution in [1.29, 1.82) is 0 Å². The van der Waals surface area contributed by atoms with Crippen LogP contribution in [-0.4, -0.2) is 35.9 Å². The van der Waals surface area contributed by atoms with Crippen LogP contribution in [-0.2, 0) is 19.1 Å². The molecule has 0 spiro atoms. The summed E-state index contributed by atoms with van der Waals surface area (Å²) in [6, 6.07) is 7.81. The number of esters is 2. The smallest absolute Gasteiger partial charge is 0.346 e. The zero-order valence-electron chi connectivity index (χ0n) is 15.0. The van der Waals surface area contributed by atoms with Crippen LogP contribution in [0, 0.1) is 6.92 Å². The van der Waals surface area contributed by atoms with Gasteiger partial charge in [-0.2, -0.15) is 0 Å². The van der Waals surface area contributed by atoms with Crippen molar-refractivity contribution in [3.8, 4) is 0 Å². The number of aromatic nitrogens is 1. The molecule has 6 heteroatoms. The molecule has 1 aromatic carbocycles. The number of aromatic amines is 1. The molecule has 0 saturated heterocycles. The van der Waals surface area contributed by atoms with Crippen molar-refractivity contribution in [1.82, 2.24) is 4.98 Å². The molecule has 0 fully saturated rings. The maximum atomic E-state index is 12.5. The first-order valence-corrected chi connectivity index (χ1v) is 9.32. The maximum absolute atomic E-state index is 12.5. The number of hydrogen-bond acceptors (Lipinski definition) is 5. The molecule has 0 aliphatic rings. The van der Waals surface area contributed by atoms with Crippen LogP contribution in [0.3, 0.4) is 0 Å². The molecular weight excluding hydrogens is 338 g/mol. The normalized spacial score (nSPS) is 10.6. The summed E-state index contributed by atoms with van der Waals surface area (Å²) in [5, 5.41) is 0.960. The van der Waals surface area contributed by atoms with Gasteiger partial charge in [0, 0.05) is 27.1 Å². The summed E-state index contributed by atoms with van der Waals surface area (Å²) >= 11 is 1.44. The Labute approximate surface area is 151 Å². The number of nitrogens with one attached hydrogen (secondary N) is 1. The Bertz CT molecular complexity index is 787. The molecule has 0 saturated carbocycles. The highest BCUT2D eigenvalue weighted by Gasteiger charge is 2.29. The van der Waals surface area contributed by atoms with Gasteiger partial charge in [-0.3, -0.25) is 0 Å². The van der Waals surface area contributed by atoms with Gasteiger partial charge >= 0.3 is 11.9 Å². The van der Waals surface area contributed by atoms with Gasteiger partial charge in [-0.05, 0) is 32.6 Å². The molecule has 1 N–H and O–H groups in total. The van der Waals surface area contributed by atoms with Gasteiger partial charge in [0.15, 0.2) is 5.57 Å². The van der Waals surface area contributed by atoms with E-state index in [2.05, 4.69) is 4.98 Å². The number of aryl methyl sites for hydroxylation is 1. The maximum Gasteiger partial charge on any atom is 0.346 e. The monoisotopic (exact) mass is 361 g/mol. The average molecular weight is 361 g/mol. The molecule has 1 heterocycles. The third kappa shape index (κ3) is 4.07. The van der Waals surface area contributed by atoms with Gasteiger partial charge in [0.05, 0.1) is 13.2 Å². The zero-order chi connectivity index (χ0) is 18.4. The Balaban J connectivity index is 2.76. The first-order valence-electron chi connectivity index (χ1n) is 8.34. The summed E-state index contributed by atoms with van der Waals surface area (Å²) in [5.41, 5.74) is 2.65. The number of carbonyl (C=O) groups excluding carboxylic acids is 2. The fraction of sp³-hybridized carbons (Fsp3) is 0.368. The summed E-state index contributed by atoms with van der Waals surface area (Å²) in [4.78, 5) is 28.9. The van der Waals surface area contributed by atoms with E-state index >= 15 is 0 Å². The SMILES string of the molecule is CCOC(=O)C(C(=O)OCC)=C(SCC)c1c(C)[nH]c2ccccc12. The number of carbonyl (C=O) groups is 2. The lowest BCUT2D eigenvalue weighted by Crippen LogP contribution is -2.20. The van der Waals surface area contributed by atoms with Crippen LogP contribution in [0.2, 0.25) is 0 Å². The number of thioether (sulfide) groups is 1. The molecule has 2 rings (SSSR count). The second kappa shape index (κ2) is 8.76. The number of para-hydroxylation sites is 1. The van der Waals surface area contributed by atoms with Gasteiger partial charge in [0.1, 0.15) is 0 Å². The Hall–Kier alpha value is -2.21. The first kappa shape index (κ1) is 19.1.